The predicted molar refractivity (Wildman–Crippen MR) is 70.6 cm³/mol. The van der Waals surface area contributed by atoms with Crippen LogP contribution in [-0.4, -0.2) is 39.2 Å². The Bertz CT molecular complexity index is 460. The van der Waals surface area contributed by atoms with Gasteiger partial charge in [-0.1, -0.05) is 17.8 Å². The van der Waals surface area contributed by atoms with E-state index in [1.807, 2.05) is 24.4 Å². The van der Waals surface area contributed by atoms with Crippen LogP contribution >= 0.6 is 11.8 Å². The number of hydrogen-bond acceptors (Lipinski definition) is 5. The van der Waals surface area contributed by atoms with Crippen LogP contribution in [0.2, 0.25) is 0 Å². The molecule has 0 saturated heterocycles. The van der Waals surface area contributed by atoms with Crippen molar-refractivity contribution in [3.05, 3.63) is 36.4 Å². The summed E-state index contributed by atoms with van der Waals surface area (Å²) in [4.78, 5) is 4.30. The molecule has 0 saturated carbocycles. The van der Waals surface area contributed by atoms with Crippen molar-refractivity contribution in [2.75, 3.05) is 19.5 Å². The number of pyridine rings is 1. The van der Waals surface area contributed by atoms with Gasteiger partial charge in [0.2, 0.25) is 0 Å². The first-order valence-corrected chi connectivity index (χ1v) is 6.78. The molecule has 0 aliphatic carbocycles. The highest BCUT2D eigenvalue weighted by Gasteiger charge is 2.05. The maximum Gasteiger partial charge on any atom is 0.191 e. The third-order valence-electron chi connectivity index (χ3n) is 2.43. The van der Waals surface area contributed by atoms with Crippen molar-refractivity contribution >= 4 is 11.8 Å². The molecule has 5 nitrogen and oxygen atoms in total. The summed E-state index contributed by atoms with van der Waals surface area (Å²) in [6.07, 6.45) is 4.46. The number of nitrogens with zero attached hydrogens (tertiary/aromatic N) is 4. The van der Waals surface area contributed by atoms with E-state index in [4.69, 9.17) is 4.74 Å². The number of aromatic nitrogens is 4. The second-order valence-corrected chi connectivity index (χ2v) is 4.78. The Morgan fingerprint density at radius 2 is 2.33 bits per heavy atom. The van der Waals surface area contributed by atoms with Crippen LogP contribution in [0.4, 0.5) is 0 Å². The quantitative estimate of drug-likeness (QED) is 0.562. The average molecular weight is 264 g/mol. The molecule has 2 aromatic heterocycles. The van der Waals surface area contributed by atoms with E-state index in [1.165, 1.54) is 0 Å². The van der Waals surface area contributed by atoms with Gasteiger partial charge in [-0.15, -0.1) is 10.2 Å². The van der Waals surface area contributed by atoms with E-state index in [1.54, 1.807) is 25.2 Å². The second-order valence-electron chi connectivity index (χ2n) is 3.72. The van der Waals surface area contributed by atoms with E-state index in [0.29, 0.717) is 0 Å². The van der Waals surface area contributed by atoms with Crippen LogP contribution in [0, 0.1) is 0 Å². The lowest BCUT2D eigenvalue weighted by molar-refractivity contribution is 0.218. The number of rotatable bonds is 7. The zero-order valence-corrected chi connectivity index (χ0v) is 11.1. The van der Waals surface area contributed by atoms with Gasteiger partial charge in [0.05, 0.1) is 6.61 Å². The number of ether oxygens (including phenoxy) is 1. The molecule has 0 fully saturated rings. The Morgan fingerprint density at radius 1 is 1.39 bits per heavy atom. The van der Waals surface area contributed by atoms with Gasteiger partial charge in [-0.05, 0) is 12.1 Å². The lowest BCUT2D eigenvalue weighted by Gasteiger charge is -2.05. The second kappa shape index (κ2) is 7.13. The first-order chi connectivity index (χ1) is 8.90. The topological polar surface area (TPSA) is 52.8 Å². The number of methoxy groups -OCH3 is 1. The molecule has 2 aromatic rings. The minimum atomic E-state index is 0.720. The molecule has 0 unspecified atom stereocenters. The molecule has 6 heteroatoms. The Kier molecular flexibility index (Phi) is 5.16. The lowest BCUT2D eigenvalue weighted by atomic mass is 10.3. The summed E-state index contributed by atoms with van der Waals surface area (Å²) in [5, 5.41) is 8.98. The smallest absolute Gasteiger partial charge is 0.191 e. The van der Waals surface area contributed by atoms with Crippen molar-refractivity contribution in [3.63, 3.8) is 0 Å². The SMILES string of the molecule is COCCSc1nncn1CCc1ccccn1. The Labute approximate surface area is 111 Å². The number of thioether (sulfide) groups is 1. The summed E-state index contributed by atoms with van der Waals surface area (Å²) in [5.74, 6) is 0.888. The van der Waals surface area contributed by atoms with E-state index < -0.39 is 0 Å². The molecule has 0 radical (unpaired) electrons. The van der Waals surface area contributed by atoms with E-state index in [0.717, 1.165) is 36.2 Å². The van der Waals surface area contributed by atoms with Crippen molar-refractivity contribution < 1.29 is 4.74 Å². The van der Waals surface area contributed by atoms with Crippen LogP contribution in [-0.2, 0) is 17.7 Å². The van der Waals surface area contributed by atoms with Gasteiger partial charge in [0.25, 0.3) is 0 Å². The van der Waals surface area contributed by atoms with Crippen LogP contribution in [0.3, 0.4) is 0 Å². The van der Waals surface area contributed by atoms with E-state index >= 15 is 0 Å². The van der Waals surface area contributed by atoms with E-state index in [9.17, 15) is 0 Å². The molecule has 0 aliphatic rings. The van der Waals surface area contributed by atoms with Crippen LogP contribution in [0.1, 0.15) is 5.69 Å². The molecule has 0 atom stereocenters. The normalized spacial score (nSPS) is 10.7. The standard InChI is InChI=1S/C12H16N4OS/c1-17-8-9-18-12-15-14-10-16(12)7-5-11-4-2-3-6-13-11/h2-4,6,10H,5,7-9H2,1H3. The lowest BCUT2D eigenvalue weighted by Crippen LogP contribution is -2.04. The van der Waals surface area contributed by atoms with E-state index in [2.05, 4.69) is 19.7 Å². The molecular formula is C12H16N4OS. The summed E-state index contributed by atoms with van der Waals surface area (Å²) < 4.78 is 7.07. The summed E-state index contributed by atoms with van der Waals surface area (Å²) in [5.41, 5.74) is 1.08. The van der Waals surface area contributed by atoms with Crippen LogP contribution in [0.5, 0.6) is 0 Å². The Morgan fingerprint density at radius 3 is 3.11 bits per heavy atom. The van der Waals surface area contributed by atoms with Gasteiger partial charge in [0, 0.05) is 37.7 Å². The zero-order chi connectivity index (χ0) is 12.6. The highest BCUT2D eigenvalue weighted by atomic mass is 32.2. The van der Waals surface area contributed by atoms with Crippen molar-refractivity contribution in [2.45, 2.75) is 18.1 Å². The van der Waals surface area contributed by atoms with Crippen molar-refractivity contribution in [3.8, 4) is 0 Å². The van der Waals surface area contributed by atoms with Crippen molar-refractivity contribution in [1.29, 1.82) is 0 Å². The summed E-state index contributed by atoms with van der Waals surface area (Å²) in [6, 6.07) is 5.96. The maximum absolute atomic E-state index is 5.02. The summed E-state index contributed by atoms with van der Waals surface area (Å²) in [6.45, 7) is 1.57. The summed E-state index contributed by atoms with van der Waals surface area (Å²) >= 11 is 1.66. The third kappa shape index (κ3) is 3.82. The van der Waals surface area contributed by atoms with Crippen LogP contribution < -0.4 is 0 Å². The van der Waals surface area contributed by atoms with Gasteiger partial charge >= 0.3 is 0 Å². The fourth-order valence-electron chi connectivity index (χ4n) is 1.51. The maximum atomic E-state index is 5.02. The van der Waals surface area contributed by atoms with Crippen LogP contribution in [0.15, 0.2) is 35.9 Å². The van der Waals surface area contributed by atoms with Gasteiger partial charge in [0.1, 0.15) is 6.33 Å². The first kappa shape index (κ1) is 13.0. The molecule has 0 N–H and O–H groups in total. The molecule has 0 bridgehead atoms. The summed E-state index contributed by atoms with van der Waals surface area (Å²) in [7, 11) is 1.70. The predicted octanol–water partition coefficient (Wildman–Crippen LogP) is 1.65. The largest absolute Gasteiger partial charge is 0.384 e. The first-order valence-electron chi connectivity index (χ1n) is 5.79. The van der Waals surface area contributed by atoms with Crippen LogP contribution in [0.25, 0.3) is 0 Å². The van der Waals surface area contributed by atoms with Gasteiger partial charge in [0.15, 0.2) is 5.16 Å². The van der Waals surface area contributed by atoms with Crippen molar-refractivity contribution in [2.24, 2.45) is 0 Å². The monoisotopic (exact) mass is 264 g/mol. The Balaban J connectivity index is 1.87. The minimum absolute atomic E-state index is 0.720. The zero-order valence-electron chi connectivity index (χ0n) is 10.3. The molecule has 96 valence electrons. The molecule has 2 heterocycles. The molecule has 18 heavy (non-hydrogen) atoms. The fourth-order valence-corrected chi connectivity index (χ4v) is 2.35. The fraction of sp³-hybridized carbons (Fsp3) is 0.417. The highest BCUT2D eigenvalue weighted by Crippen LogP contribution is 2.14. The number of hydrogen-bond donors (Lipinski definition) is 0. The molecule has 2 rings (SSSR count). The highest BCUT2D eigenvalue weighted by molar-refractivity contribution is 7.99. The molecule has 0 aliphatic heterocycles. The number of aryl methyl sites for hydroxylation is 2. The van der Waals surface area contributed by atoms with Gasteiger partial charge in [-0.2, -0.15) is 0 Å². The van der Waals surface area contributed by atoms with Gasteiger partial charge < -0.3 is 9.30 Å². The van der Waals surface area contributed by atoms with Gasteiger partial charge in [-0.25, -0.2) is 0 Å². The van der Waals surface area contributed by atoms with Gasteiger partial charge in [-0.3, -0.25) is 4.98 Å². The molecular weight excluding hydrogens is 248 g/mol. The molecule has 0 spiro atoms. The Hall–Kier alpha value is -1.40. The minimum Gasteiger partial charge on any atom is -0.384 e. The average Bonchev–Trinajstić information content (AvgIpc) is 2.86. The molecule has 0 aromatic carbocycles. The van der Waals surface area contributed by atoms with E-state index in [-0.39, 0.29) is 0 Å². The molecule has 0 amide bonds. The van der Waals surface area contributed by atoms with Crippen molar-refractivity contribution in [1.82, 2.24) is 19.7 Å². The third-order valence-corrected chi connectivity index (χ3v) is 3.38.